The molecule has 1 aromatic rings. The first kappa shape index (κ1) is 17.5. The second-order valence-corrected chi connectivity index (χ2v) is 6.31. The summed E-state index contributed by atoms with van der Waals surface area (Å²) in [6.07, 6.45) is 4.75. The van der Waals surface area contributed by atoms with Gasteiger partial charge >= 0.3 is 0 Å². The molecule has 1 aliphatic rings. The third-order valence-corrected chi connectivity index (χ3v) is 4.23. The lowest BCUT2D eigenvalue weighted by Gasteiger charge is -2.34. The molecule has 1 saturated heterocycles. The number of aromatic nitrogens is 2. The van der Waals surface area contributed by atoms with Gasteiger partial charge in [0.1, 0.15) is 0 Å². The summed E-state index contributed by atoms with van der Waals surface area (Å²) in [6, 6.07) is 0.743. The van der Waals surface area contributed by atoms with Crippen molar-refractivity contribution >= 4 is 12.4 Å². The van der Waals surface area contributed by atoms with Gasteiger partial charge in [0.25, 0.3) is 0 Å². The number of nitrogens with two attached hydrogens (primary N) is 1. The Morgan fingerprint density at radius 3 is 2.65 bits per heavy atom. The third kappa shape index (κ3) is 4.21. The van der Waals surface area contributed by atoms with Crippen LogP contribution in [0, 0.1) is 12.8 Å². The van der Waals surface area contributed by atoms with Crippen molar-refractivity contribution in [2.75, 3.05) is 13.1 Å². The Kier molecular flexibility index (Phi) is 6.49. The molecule has 2 heterocycles. The van der Waals surface area contributed by atoms with Crippen molar-refractivity contribution in [3.05, 3.63) is 17.5 Å². The number of hydrogen-bond acceptors (Lipinski definition) is 3. The molecule has 2 N–H and O–H groups in total. The maximum Gasteiger partial charge on any atom is 0.0638 e. The van der Waals surface area contributed by atoms with E-state index in [9.17, 15) is 0 Å². The van der Waals surface area contributed by atoms with Crippen LogP contribution in [0.15, 0.2) is 6.20 Å². The number of hydrogen-bond donors (Lipinski definition) is 1. The minimum Gasteiger partial charge on any atom is -0.328 e. The Bertz CT molecular complexity index is 414. The molecule has 4 nitrogen and oxygen atoms in total. The fourth-order valence-electron chi connectivity index (χ4n) is 2.84. The summed E-state index contributed by atoms with van der Waals surface area (Å²) in [4.78, 5) is 2.53. The molecular weight excluding hydrogens is 272 g/mol. The molecule has 2 unspecified atom stereocenters. The van der Waals surface area contributed by atoms with Gasteiger partial charge < -0.3 is 5.73 Å². The number of nitrogens with zero attached hydrogens (tertiary/aromatic N) is 3. The molecule has 2 rings (SSSR count). The van der Waals surface area contributed by atoms with E-state index in [1.165, 1.54) is 24.9 Å². The van der Waals surface area contributed by atoms with Gasteiger partial charge in [-0.2, -0.15) is 5.10 Å². The summed E-state index contributed by atoms with van der Waals surface area (Å²) < 4.78 is 2.07. The van der Waals surface area contributed by atoms with E-state index in [2.05, 4.69) is 48.6 Å². The van der Waals surface area contributed by atoms with Crippen LogP contribution in [-0.4, -0.2) is 33.8 Å². The first-order valence-electron chi connectivity index (χ1n) is 7.50. The van der Waals surface area contributed by atoms with Crippen molar-refractivity contribution < 1.29 is 0 Å². The van der Waals surface area contributed by atoms with E-state index < -0.39 is 0 Å². The van der Waals surface area contributed by atoms with Crippen LogP contribution in [-0.2, 0) is 6.54 Å². The summed E-state index contributed by atoms with van der Waals surface area (Å²) in [7, 11) is 0. The minimum atomic E-state index is 0. The number of halogens is 1. The first-order chi connectivity index (χ1) is 8.97. The summed E-state index contributed by atoms with van der Waals surface area (Å²) in [5.41, 5.74) is 8.58. The molecule has 0 aliphatic carbocycles. The van der Waals surface area contributed by atoms with Crippen molar-refractivity contribution in [1.29, 1.82) is 0 Å². The van der Waals surface area contributed by atoms with E-state index in [1.54, 1.807) is 0 Å². The molecular formula is C15H29ClN4. The van der Waals surface area contributed by atoms with Crippen LogP contribution in [0.2, 0.25) is 0 Å². The molecule has 0 saturated carbocycles. The molecule has 20 heavy (non-hydrogen) atoms. The molecule has 1 aromatic heterocycles. The highest BCUT2D eigenvalue weighted by Gasteiger charge is 2.23. The minimum absolute atomic E-state index is 0. The molecule has 0 spiro atoms. The maximum absolute atomic E-state index is 6.05. The Morgan fingerprint density at radius 1 is 1.40 bits per heavy atom. The normalized spacial score (nSPS) is 21.8. The van der Waals surface area contributed by atoms with Crippen LogP contribution in [0.5, 0.6) is 0 Å². The monoisotopic (exact) mass is 300 g/mol. The SMILES string of the molecule is Cc1nn(C(C)C)cc1CN1CCCC(C(C)N)C1.Cl. The summed E-state index contributed by atoms with van der Waals surface area (Å²) >= 11 is 0. The van der Waals surface area contributed by atoms with Gasteiger partial charge in [-0.3, -0.25) is 9.58 Å². The highest BCUT2D eigenvalue weighted by Crippen LogP contribution is 2.21. The molecule has 0 aromatic carbocycles. The average molecular weight is 301 g/mol. The molecule has 0 amide bonds. The van der Waals surface area contributed by atoms with Crippen LogP contribution in [0.1, 0.15) is 50.9 Å². The Hall–Kier alpha value is -0.580. The maximum atomic E-state index is 6.05. The van der Waals surface area contributed by atoms with E-state index in [4.69, 9.17) is 5.73 Å². The molecule has 1 fully saturated rings. The van der Waals surface area contributed by atoms with E-state index >= 15 is 0 Å². The van der Waals surface area contributed by atoms with Crippen molar-refractivity contribution in [1.82, 2.24) is 14.7 Å². The van der Waals surface area contributed by atoms with Crippen LogP contribution in [0.3, 0.4) is 0 Å². The van der Waals surface area contributed by atoms with E-state index in [0.717, 1.165) is 18.8 Å². The quantitative estimate of drug-likeness (QED) is 0.930. The highest BCUT2D eigenvalue weighted by molar-refractivity contribution is 5.85. The van der Waals surface area contributed by atoms with Crippen molar-refractivity contribution in [2.24, 2.45) is 11.7 Å². The molecule has 2 atom stereocenters. The zero-order valence-electron chi connectivity index (χ0n) is 13.2. The van der Waals surface area contributed by atoms with Gasteiger partial charge in [-0.1, -0.05) is 0 Å². The number of piperidine rings is 1. The second kappa shape index (κ2) is 7.43. The smallest absolute Gasteiger partial charge is 0.0638 e. The van der Waals surface area contributed by atoms with Crippen molar-refractivity contribution in [3.63, 3.8) is 0 Å². The highest BCUT2D eigenvalue weighted by atomic mass is 35.5. The van der Waals surface area contributed by atoms with Crippen LogP contribution < -0.4 is 5.73 Å². The lowest BCUT2D eigenvalue weighted by molar-refractivity contribution is 0.154. The topological polar surface area (TPSA) is 47.1 Å². The predicted molar refractivity (Wildman–Crippen MR) is 86.2 cm³/mol. The van der Waals surface area contributed by atoms with E-state index in [0.29, 0.717) is 18.0 Å². The fourth-order valence-corrected chi connectivity index (χ4v) is 2.84. The van der Waals surface area contributed by atoms with Gasteiger partial charge in [0.2, 0.25) is 0 Å². The first-order valence-corrected chi connectivity index (χ1v) is 7.50. The second-order valence-electron chi connectivity index (χ2n) is 6.31. The van der Waals surface area contributed by atoms with E-state index in [1.807, 2.05) is 0 Å². The molecule has 0 radical (unpaired) electrons. The van der Waals surface area contributed by atoms with E-state index in [-0.39, 0.29) is 12.4 Å². The van der Waals surface area contributed by atoms with Gasteiger partial charge in [-0.25, -0.2) is 0 Å². The fraction of sp³-hybridized carbons (Fsp3) is 0.800. The number of likely N-dealkylation sites (tertiary alicyclic amines) is 1. The summed E-state index contributed by atoms with van der Waals surface area (Å²) in [5, 5.41) is 4.60. The lowest BCUT2D eigenvalue weighted by atomic mass is 9.92. The molecule has 1 aliphatic heterocycles. The van der Waals surface area contributed by atoms with Crippen LogP contribution in [0.4, 0.5) is 0 Å². The van der Waals surface area contributed by atoms with Gasteiger partial charge in [0.15, 0.2) is 0 Å². The summed E-state index contributed by atoms with van der Waals surface area (Å²) in [6.45, 7) is 11.9. The van der Waals surface area contributed by atoms with Gasteiger partial charge in [0, 0.05) is 36.9 Å². The van der Waals surface area contributed by atoms with Gasteiger partial charge in [0.05, 0.1) is 5.69 Å². The zero-order valence-corrected chi connectivity index (χ0v) is 14.0. The Balaban J connectivity index is 0.00000200. The van der Waals surface area contributed by atoms with Gasteiger partial charge in [-0.05, 0) is 53.0 Å². The third-order valence-electron chi connectivity index (χ3n) is 4.23. The largest absolute Gasteiger partial charge is 0.328 e. The molecule has 0 bridgehead atoms. The van der Waals surface area contributed by atoms with Crippen molar-refractivity contribution in [3.8, 4) is 0 Å². The predicted octanol–water partition coefficient (Wildman–Crippen LogP) is 2.75. The average Bonchev–Trinajstić information content (AvgIpc) is 2.71. The molecule has 5 heteroatoms. The van der Waals surface area contributed by atoms with Gasteiger partial charge in [-0.15, -0.1) is 12.4 Å². The lowest BCUT2D eigenvalue weighted by Crippen LogP contribution is -2.41. The van der Waals surface area contributed by atoms with Crippen molar-refractivity contribution in [2.45, 2.75) is 59.2 Å². The Labute approximate surface area is 129 Å². The number of aryl methyl sites for hydroxylation is 1. The number of rotatable bonds is 4. The standard InChI is InChI=1S/C15H28N4.ClH/c1-11(2)19-10-15(13(4)17-19)9-18-7-5-6-14(8-18)12(3)16;/h10-12,14H,5-9,16H2,1-4H3;1H. The Morgan fingerprint density at radius 2 is 2.10 bits per heavy atom. The van der Waals surface area contributed by atoms with Crippen LogP contribution in [0.25, 0.3) is 0 Å². The summed E-state index contributed by atoms with van der Waals surface area (Å²) in [5.74, 6) is 0.647. The molecule has 116 valence electrons. The van der Waals surface area contributed by atoms with Crippen LogP contribution >= 0.6 is 12.4 Å². The zero-order chi connectivity index (χ0) is 14.0.